The van der Waals surface area contributed by atoms with Crippen molar-refractivity contribution in [3.05, 3.63) is 54.0 Å². The van der Waals surface area contributed by atoms with Gasteiger partial charge in [0.15, 0.2) is 0 Å². The van der Waals surface area contributed by atoms with E-state index in [1.807, 2.05) is 4.90 Å². The normalized spacial score (nSPS) is 17.1. The second-order valence-corrected chi connectivity index (χ2v) is 7.40. The van der Waals surface area contributed by atoms with Crippen molar-refractivity contribution in [2.24, 2.45) is 0 Å². The summed E-state index contributed by atoms with van der Waals surface area (Å²) >= 11 is 0. The van der Waals surface area contributed by atoms with Gasteiger partial charge >= 0.3 is 6.03 Å². The number of rotatable bonds is 4. The number of carbonyl (C=O) groups excluding carboxylic acids is 2. The third-order valence-electron chi connectivity index (χ3n) is 5.41. The van der Waals surface area contributed by atoms with Crippen LogP contribution in [0.25, 0.3) is 0 Å². The van der Waals surface area contributed by atoms with Gasteiger partial charge < -0.3 is 10.2 Å². The molecule has 1 aromatic carbocycles. The van der Waals surface area contributed by atoms with Gasteiger partial charge in [-0.3, -0.25) is 10.1 Å². The number of benzene rings is 1. The maximum atomic E-state index is 13.3. The van der Waals surface area contributed by atoms with Crippen molar-refractivity contribution >= 4 is 23.4 Å². The van der Waals surface area contributed by atoms with Crippen LogP contribution in [-0.2, 0) is 4.79 Å². The van der Waals surface area contributed by atoms with Crippen molar-refractivity contribution < 1.29 is 14.0 Å². The average molecular weight is 397 g/mol. The van der Waals surface area contributed by atoms with Crippen LogP contribution in [0.4, 0.5) is 20.7 Å². The van der Waals surface area contributed by atoms with Crippen LogP contribution in [0, 0.1) is 5.82 Å². The van der Waals surface area contributed by atoms with E-state index >= 15 is 0 Å². The molecule has 0 saturated carbocycles. The lowest BCUT2D eigenvalue weighted by molar-refractivity contribution is -0.128. The molecule has 2 heterocycles. The average Bonchev–Trinajstić information content (AvgIpc) is 3.40. The zero-order chi connectivity index (χ0) is 20.2. The van der Waals surface area contributed by atoms with Gasteiger partial charge in [0.25, 0.3) is 0 Å². The molecular weight excluding hydrogens is 373 g/mol. The topological polar surface area (TPSA) is 79.3 Å². The van der Waals surface area contributed by atoms with Crippen molar-refractivity contribution in [2.75, 3.05) is 23.7 Å². The second kappa shape index (κ2) is 8.46. The van der Waals surface area contributed by atoms with E-state index in [1.165, 1.54) is 18.2 Å². The van der Waals surface area contributed by atoms with Gasteiger partial charge in [-0.2, -0.15) is 5.10 Å². The number of urea groups is 1. The molecule has 0 unspecified atom stereocenters. The SMILES string of the molecule is O=C(Nc1cccc(F)c1)Nc1ccnn1C1CCN(C(=O)C2=CCCC2)CC1. The Hall–Kier alpha value is -3.16. The van der Waals surface area contributed by atoms with Crippen LogP contribution in [0.1, 0.15) is 38.1 Å². The Morgan fingerprint density at radius 3 is 2.69 bits per heavy atom. The zero-order valence-corrected chi connectivity index (χ0v) is 16.1. The molecule has 8 heteroatoms. The predicted molar refractivity (Wildman–Crippen MR) is 108 cm³/mol. The van der Waals surface area contributed by atoms with Gasteiger partial charge in [-0.1, -0.05) is 12.1 Å². The number of allylic oxidation sites excluding steroid dienone is 1. The summed E-state index contributed by atoms with van der Waals surface area (Å²) in [6, 6.07) is 7.10. The highest BCUT2D eigenvalue weighted by molar-refractivity contribution is 5.99. The van der Waals surface area contributed by atoms with Crippen molar-refractivity contribution in [2.45, 2.75) is 38.1 Å². The molecule has 2 aromatic rings. The lowest BCUT2D eigenvalue weighted by atomic mass is 10.0. The molecule has 2 aliphatic rings. The largest absolute Gasteiger partial charge is 0.339 e. The summed E-state index contributed by atoms with van der Waals surface area (Å²) < 4.78 is 15.1. The number of aromatic nitrogens is 2. The number of hydrogen-bond acceptors (Lipinski definition) is 3. The van der Waals surface area contributed by atoms with Crippen LogP contribution in [0.3, 0.4) is 0 Å². The number of carbonyl (C=O) groups is 2. The van der Waals surface area contributed by atoms with Crippen LogP contribution >= 0.6 is 0 Å². The standard InChI is InChI=1S/C21H24FN5O2/c22-16-6-3-7-17(14-16)24-21(29)25-19-8-11-23-27(19)18-9-12-26(13-10-18)20(28)15-4-1-2-5-15/h3-4,6-8,11,14,18H,1-2,5,9-10,12-13H2,(H2,24,25,29). The lowest BCUT2D eigenvalue weighted by Gasteiger charge is -2.33. The molecule has 0 bridgehead atoms. The molecule has 152 valence electrons. The van der Waals surface area contributed by atoms with Gasteiger partial charge in [-0.05, 0) is 50.3 Å². The Bertz CT molecular complexity index is 931. The number of halogens is 1. The molecule has 2 N–H and O–H groups in total. The first-order chi connectivity index (χ1) is 14.1. The molecule has 1 aromatic heterocycles. The van der Waals surface area contributed by atoms with E-state index < -0.39 is 11.8 Å². The predicted octanol–water partition coefficient (Wildman–Crippen LogP) is 3.94. The zero-order valence-electron chi connectivity index (χ0n) is 16.1. The summed E-state index contributed by atoms with van der Waals surface area (Å²) in [5, 5.41) is 9.75. The van der Waals surface area contributed by atoms with Gasteiger partial charge in [0.1, 0.15) is 11.6 Å². The fourth-order valence-corrected chi connectivity index (χ4v) is 3.93. The monoisotopic (exact) mass is 397 g/mol. The molecule has 1 fully saturated rings. The van der Waals surface area contributed by atoms with Crippen molar-refractivity contribution in [1.29, 1.82) is 0 Å². The molecule has 0 atom stereocenters. The first-order valence-electron chi connectivity index (χ1n) is 9.95. The van der Waals surface area contributed by atoms with Gasteiger partial charge in [-0.15, -0.1) is 0 Å². The van der Waals surface area contributed by atoms with Crippen LogP contribution in [0.2, 0.25) is 0 Å². The van der Waals surface area contributed by atoms with Crippen molar-refractivity contribution in [1.82, 2.24) is 14.7 Å². The fraction of sp³-hybridized carbons (Fsp3) is 0.381. The third-order valence-corrected chi connectivity index (χ3v) is 5.41. The highest BCUT2D eigenvalue weighted by Gasteiger charge is 2.27. The van der Waals surface area contributed by atoms with E-state index in [1.54, 1.807) is 23.0 Å². The fourth-order valence-electron chi connectivity index (χ4n) is 3.93. The van der Waals surface area contributed by atoms with E-state index in [0.29, 0.717) is 24.6 Å². The molecular formula is C21H24FN5O2. The van der Waals surface area contributed by atoms with Gasteiger partial charge in [-0.25, -0.2) is 13.9 Å². The Kier molecular flexibility index (Phi) is 5.59. The van der Waals surface area contributed by atoms with Gasteiger partial charge in [0, 0.05) is 30.4 Å². The number of hydrogen-bond donors (Lipinski definition) is 2. The van der Waals surface area contributed by atoms with E-state index in [9.17, 15) is 14.0 Å². The highest BCUT2D eigenvalue weighted by atomic mass is 19.1. The number of nitrogens with one attached hydrogen (secondary N) is 2. The highest BCUT2D eigenvalue weighted by Crippen LogP contribution is 2.28. The van der Waals surface area contributed by atoms with Crippen LogP contribution in [0.15, 0.2) is 48.2 Å². The minimum atomic E-state index is -0.460. The first kappa shape index (κ1) is 19.2. The molecule has 4 rings (SSSR count). The summed E-state index contributed by atoms with van der Waals surface area (Å²) in [5.74, 6) is 0.318. The smallest absolute Gasteiger partial charge is 0.324 e. The molecule has 7 nitrogen and oxygen atoms in total. The molecule has 0 radical (unpaired) electrons. The minimum Gasteiger partial charge on any atom is -0.339 e. The maximum Gasteiger partial charge on any atom is 0.324 e. The first-order valence-corrected chi connectivity index (χ1v) is 9.95. The van der Waals surface area contributed by atoms with E-state index in [-0.39, 0.29) is 11.9 Å². The summed E-state index contributed by atoms with van der Waals surface area (Å²) in [4.78, 5) is 26.7. The summed E-state index contributed by atoms with van der Waals surface area (Å²) in [6.45, 7) is 1.35. The van der Waals surface area contributed by atoms with Crippen LogP contribution < -0.4 is 10.6 Å². The Labute approximate surface area is 168 Å². The third kappa shape index (κ3) is 4.47. The van der Waals surface area contributed by atoms with Gasteiger partial charge in [0.05, 0.1) is 12.2 Å². The number of amides is 3. The van der Waals surface area contributed by atoms with Crippen molar-refractivity contribution in [3.63, 3.8) is 0 Å². The molecule has 3 amide bonds. The number of nitrogens with zero attached hydrogens (tertiary/aromatic N) is 3. The van der Waals surface area contributed by atoms with Crippen molar-refractivity contribution in [3.8, 4) is 0 Å². The summed E-state index contributed by atoms with van der Waals surface area (Å²) in [7, 11) is 0. The second-order valence-electron chi connectivity index (χ2n) is 7.40. The Balaban J connectivity index is 1.34. The van der Waals surface area contributed by atoms with E-state index in [4.69, 9.17) is 0 Å². The van der Waals surface area contributed by atoms with E-state index in [2.05, 4.69) is 21.8 Å². The van der Waals surface area contributed by atoms with Gasteiger partial charge in [0.2, 0.25) is 5.91 Å². The molecule has 1 saturated heterocycles. The number of anilines is 2. The number of likely N-dealkylation sites (tertiary alicyclic amines) is 1. The molecule has 29 heavy (non-hydrogen) atoms. The maximum absolute atomic E-state index is 13.3. The minimum absolute atomic E-state index is 0.107. The lowest BCUT2D eigenvalue weighted by Crippen LogP contribution is -2.40. The summed E-state index contributed by atoms with van der Waals surface area (Å²) in [6.07, 6.45) is 8.20. The molecule has 0 spiro atoms. The Morgan fingerprint density at radius 2 is 1.97 bits per heavy atom. The van der Waals surface area contributed by atoms with E-state index in [0.717, 1.165) is 37.7 Å². The summed E-state index contributed by atoms with van der Waals surface area (Å²) in [5.41, 5.74) is 1.32. The Morgan fingerprint density at radius 1 is 1.14 bits per heavy atom. The number of piperidine rings is 1. The molecule has 1 aliphatic heterocycles. The van der Waals surface area contributed by atoms with Crippen LogP contribution in [-0.4, -0.2) is 39.7 Å². The van der Waals surface area contributed by atoms with Crippen LogP contribution in [0.5, 0.6) is 0 Å². The quantitative estimate of drug-likeness (QED) is 0.820. The molecule has 1 aliphatic carbocycles.